The maximum Gasteiger partial charge on any atom is 0.326 e. The molecule has 0 saturated carbocycles. The molecule has 11 nitrogen and oxygen atoms in total. The molecule has 0 aromatic heterocycles. The van der Waals surface area contributed by atoms with Crippen LogP contribution in [0.1, 0.15) is 46.0 Å². The Morgan fingerprint density at radius 3 is 2.00 bits per heavy atom. The van der Waals surface area contributed by atoms with Crippen LogP contribution in [-0.2, 0) is 19.2 Å². The van der Waals surface area contributed by atoms with Crippen LogP contribution in [0.4, 0.5) is 0 Å². The van der Waals surface area contributed by atoms with Crippen LogP contribution < -0.4 is 22.1 Å². The van der Waals surface area contributed by atoms with Crippen LogP contribution >= 0.6 is 0 Å². The fraction of sp³-hybridized carbons (Fsp3) is 0.765. The van der Waals surface area contributed by atoms with E-state index in [1.807, 2.05) is 0 Å². The SMILES string of the molecule is CC(C)C(N)C(=O)NC(CCC(=O)NC(CO)CCCC(N)C(=O)O)C(=O)O. The molecule has 2 amide bonds. The number of aliphatic carboxylic acids is 2. The number of carboxylic acids is 2. The van der Waals surface area contributed by atoms with Crippen molar-refractivity contribution in [3.8, 4) is 0 Å². The summed E-state index contributed by atoms with van der Waals surface area (Å²) in [6, 6.07) is -3.72. The zero-order valence-electron chi connectivity index (χ0n) is 16.3. The first-order valence-electron chi connectivity index (χ1n) is 9.16. The van der Waals surface area contributed by atoms with Gasteiger partial charge in [-0.3, -0.25) is 14.4 Å². The number of nitrogens with one attached hydrogen (secondary N) is 2. The van der Waals surface area contributed by atoms with Crippen molar-refractivity contribution in [1.29, 1.82) is 0 Å². The largest absolute Gasteiger partial charge is 0.480 e. The second kappa shape index (κ2) is 13.0. The predicted molar refractivity (Wildman–Crippen MR) is 100 cm³/mol. The van der Waals surface area contributed by atoms with Gasteiger partial charge in [0.05, 0.1) is 18.7 Å². The number of amides is 2. The lowest BCUT2D eigenvalue weighted by Gasteiger charge is -2.20. The van der Waals surface area contributed by atoms with Crippen LogP contribution in [-0.4, -0.2) is 69.8 Å². The molecule has 9 N–H and O–H groups in total. The molecule has 0 aromatic carbocycles. The molecule has 0 saturated heterocycles. The Kier molecular flexibility index (Phi) is 12.0. The summed E-state index contributed by atoms with van der Waals surface area (Å²) in [5.41, 5.74) is 11.1. The van der Waals surface area contributed by atoms with Crippen molar-refractivity contribution in [2.24, 2.45) is 17.4 Å². The van der Waals surface area contributed by atoms with Gasteiger partial charge in [-0.25, -0.2) is 4.79 Å². The van der Waals surface area contributed by atoms with E-state index in [1.165, 1.54) is 0 Å². The van der Waals surface area contributed by atoms with Crippen LogP contribution in [0.3, 0.4) is 0 Å². The van der Waals surface area contributed by atoms with Crippen molar-refractivity contribution in [1.82, 2.24) is 10.6 Å². The third-order valence-electron chi connectivity index (χ3n) is 4.27. The van der Waals surface area contributed by atoms with Gasteiger partial charge < -0.3 is 37.4 Å². The van der Waals surface area contributed by atoms with Crippen molar-refractivity contribution in [2.75, 3.05) is 6.61 Å². The van der Waals surface area contributed by atoms with E-state index in [4.69, 9.17) is 16.6 Å². The lowest BCUT2D eigenvalue weighted by molar-refractivity contribution is -0.142. The van der Waals surface area contributed by atoms with Crippen molar-refractivity contribution < 1.29 is 34.5 Å². The fourth-order valence-corrected chi connectivity index (χ4v) is 2.32. The number of aliphatic hydroxyl groups excluding tert-OH is 1. The summed E-state index contributed by atoms with van der Waals surface area (Å²) in [5, 5.41) is 32.1. The second-order valence-electron chi connectivity index (χ2n) is 7.03. The van der Waals surface area contributed by atoms with Crippen molar-refractivity contribution >= 4 is 23.8 Å². The van der Waals surface area contributed by atoms with Crippen LogP contribution in [0.2, 0.25) is 0 Å². The average Bonchev–Trinajstić information content (AvgIpc) is 2.62. The predicted octanol–water partition coefficient (Wildman–Crippen LogP) is -1.62. The summed E-state index contributed by atoms with van der Waals surface area (Å²) in [5.74, 6) is -3.67. The molecule has 0 radical (unpaired) electrons. The standard InChI is InChI=1S/C17H32N4O7/c1-9(2)14(19)15(24)21-12(17(27)28)6-7-13(23)20-10(8-22)4-3-5-11(18)16(25)26/h9-12,14,22H,3-8,18-19H2,1-2H3,(H,20,23)(H,21,24)(H,25,26)(H,27,28). The topological polar surface area (TPSA) is 205 Å². The Morgan fingerprint density at radius 1 is 0.929 bits per heavy atom. The number of hydrogen-bond donors (Lipinski definition) is 7. The summed E-state index contributed by atoms with van der Waals surface area (Å²) in [6.07, 6.45) is 0.593. The molecule has 4 atom stereocenters. The molecule has 0 bridgehead atoms. The van der Waals surface area contributed by atoms with Crippen LogP contribution in [0.5, 0.6) is 0 Å². The highest BCUT2D eigenvalue weighted by Crippen LogP contribution is 2.06. The number of carbonyl (C=O) groups excluding carboxylic acids is 2. The first-order valence-corrected chi connectivity index (χ1v) is 9.16. The first-order chi connectivity index (χ1) is 13.0. The molecule has 0 rings (SSSR count). The minimum atomic E-state index is -1.28. The molecule has 0 aromatic rings. The molecule has 0 aliphatic heterocycles. The molecular formula is C17H32N4O7. The van der Waals surface area contributed by atoms with Crippen molar-refractivity contribution in [2.45, 2.75) is 70.1 Å². The van der Waals surface area contributed by atoms with E-state index in [0.717, 1.165) is 0 Å². The maximum atomic E-state index is 12.0. The fourth-order valence-electron chi connectivity index (χ4n) is 2.32. The lowest BCUT2D eigenvalue weighted by Crippen LogP contribution is -2.50. The minimum Gasteiger partial charge on any atom is -0.480 e. The molecule has 162 valence electrons. The number of nitrogens with two attached hydrogens (primary N) is 2. The summed E-state index contributed by atoms with van der Waals surface area (Å²) in [4.78, 5) is 45.8. The normalized spacial score (nSPS) is 15.4. The number of aliphatic hydroxyl groups is 1. The van der Waals surface area contributed by atoms with Crippen LogP contribution in [0.15, 0.2) is 0 Å². The zero-order chi connectivity index (χ0) is 21.9. The Bertz CT molecular complexity index is 542. The highest BCUT2D eigenvalue weighted by Gasteiger charge is 2.25. The van der Waals surface area contributed by atoms with Gasteiger partial charge in [-0.05, 0) is 31.6 Å². The van der Waals surface area contributed by atoms with Gasteiger partial charge in [0.2, 0.25) is 11.8 Å². The van der Waals surface area contributed by atoms with Gasteiger partial charge in [-0.15, -0.1) is 0 Å². The van der Waals surface area contributed by atoms with E-state index in [2.05, 4.69) is 10.6 Å². The Labute approximate surface area is 163 Å². The van der Waals surface area contributed by atoms with E-state index >= 15 is 0 Å². The summed E-state index contributed by atoms with van der Waals surface area (Å²) < 4.78 is 0. The van der Waals surface area contributed by atoms with Gasteiger partial charge in [-0.1, -0.05) is 13.8 Å². The van der Waals surface area contributed by atoms with E-state index < -0.39 is 47.9 Å². The Morgan fingerprint density at radius 2 is 1.54 bits per heavy atom. The molecule has 4 unspecified atom stereocenters. The zero-order valence-corrected chi connectivity index (χ0v) is 16.3. The minimum absolute atomic E-state index is 0.139. The van der Waals surface area contributed by atoms with Gasteiger partial charge >= 0.3 is 11.9 Å². The monoisotopic (exact) mass is 404 g/mol. The van der Waals surface area contributed by atoms with Gasteiger partial charge in [0.1, 0.15) is 12.1 Å². The summed E-state index contributed by atoms with van der Waals surface area (Å²) >= 11 is 0. The third-order valence-corrected chi connectivity index (χ3v) is 4.27. The van der Waals surface area contributed by atoms with E-state index in [-0.39, 0.29) is 31.8 Å². The van der Waals surface area contributed by atoms with Gasteiger partial charge in [-0.2, -0.15) is 0 Å². The lowest BCUT2D eigenvalue weighted by atomic mass is 10.0. The van der Waals surface area contributed by atoms with E-state index in [1.54, 1.807) is 13.8 Å². The molecule has 0 heterocycles. The second-order valence-corrected chi connectivity index (χ2v) is 7.03. The first kappa shape index (κ1) is 25.8. The highest BCUT2D eigenvalue weighted by atomic mass is 16.4. The van der Waals surface area contributed by atoms with Gasteiger partial charge in [0.15, 0.2) is 0 Å². The Hall–Kier alpha value is -2.24. The highest BCUT2D eigenvalue weighted by molar-refractivity contribution is 5.87. The number of rotatable bonds is 14. The quantitative estimate of drug-likeness (QED) is 0.177. The van der Waals surface area contributed by atoms with Crippen molar-refractivity contribution in [3.05, 3.63) is 0 Å². The Balaban J connectivity index is 4.47. The maximum absolute atomic E-state index is 12.0. The molecule has 0 aliphatic rings. The molecule has 0 aliphatic carbocycles. The average molecular weight is 404 g/mol. The number of carbonyl (C=O) groups is 4. The van der Waals surface area contributed by atoms with E-state index in [0.29, 0.717) is 12.8 Å². The summed E-state index contributed by atoms with van der Waals surface area (Å²) in [6.45, 7) is 3.11. The summed E-state index contributed by atoms with van der Waals surface area (Å²) in [7, 11) is 0. The smallest absolute Gasteiger partial charge is 0.326 e. The van der Waals surface area contributed by atoms with Gasteiger partial charge in [0, 0.05) is 6.42 Å². The number of hydrogen-bond acceptors (Lipinski definition) is 7. The molecule has 28 heavy (non-hydrogen) atoms. The van der Waals surface area contributed by atoms with Gasteiger partial charge in [0.25, 0.3) is 0 Å². The molecule has 0 spiro atoms. The van der Waals surface area contributed by atoms with Crippen LogP contribution in [0, 0.1) is 5.92 Å². The van der Waals surface area contributed by atoms with Crippen LogP contribution in [0.25, 0.3) is 0 Å². The molecule has 11 heteroatoms. The van der Waals surface area contributed by atoms with E-state index in [9.17, 15) is 29.4 Å². The molecule has 0 fully saturated rings. The third kappa shape index (κ3) is 10.2. The number of carboxylic acid groups (broad SMARTS) is 2. The van der Waals surface area contributed by atoms with Crippen molar-refractivity contribution in [3.63, 3.8) is 0 Å². The molecular weight excluding hydrogens is 372 g/mol.